The number of hydrogen-bond donors (Lipinski definition) is 1. The van der Waals surface area contributed by atoms with Crippen molar-refractivity contribution in [3.63, 3.8) is 0 Å². The van der Waals surface area contributed by atoms with Crippen molar-refractivity contribution < 1.29 is 4.79 Å². The predicted molar refractivity (Wildman–Crippen MR) is 77.8 cm³/mol. The van der Waals surface area contributed by atoms with Crippen LogP contribution in [0.5, 0.6) is 0 Å². The van der Waals surface area contributed by atoms with Gasteiger partial charge in [-0.15, -0.1) is 0 Å². The summed E-state index contributed by atoms with van der Waals surface area (Å²) in [6.45, 7) is 5.55. The Balaban J connectivity index is 1.69. The molecule has 1 aromatic heterocycles. The fourth-order valence-electron chi connectivity index (χ4n) is 2.92. The summed E-state index contributed by atoms with van der Waals surface area (Å²) < 4.78 is 0. The van der Waals surface area contributed by atoms with Crippen LogP contribution in [0.25, 0.3) is 0 Å². The number of hydrogen-bond acceptors (Lipinski definition) is 5. The first-order valence-corrected chi connectivity index (χ1v) is 7.39. The molecule has 0 saturated carbocycles. The third-order valence-electron chi connectivity index (χ3n) is 3.99. The van der Waals surface area contributed by atoms with Crippen LogP contribution in [-0.2, 0) is 4.79 Å². The summed E-state index contributed by atoms with van der Waals surface area (Å²) in [6, 6.07) is 2.31. The highest BCUT2D eigenvalue weighted by Crippen LogP contribution is 2.25. The van der Waals surface area contributed by atoms with Gasteiger partial charge in [0.05, 0.1) is 0 Å². The summed E-state index contributed by atoms with van der Waals surface area (Å²) in [5, 5.41) is 3.21. The van der Waals surface area contributed by atoms with Gasteiger partial charge in [0.2, 0.25) is 11.9 Å². The Morgan fingerprint density at radius 3 is 3.20 bits per heavy atom. The van der Waals surface area contributed by atoms with E-state index < -0.39 is 0 Å². The maximum absolute atomic E-state index is 11.7. The fourth-order valence-corrected chi connectivity index (χ4v) is 2.92. The van der Waals surface area contributed by atoms with Gasteiger partial charge >= 0.3 is 0 Å². The predicted octanol–water partition coefficient (Wildman–Crippen LogP) is 1.11. The first kappa shape index (κ1) is 13.1. The number of rotatable bonds is 4. The lowest BCUT2D eigenvalue weighted by Gasteiger charge is -2.38. The molecule has 6 heteroatoms. The summed E-state index contributed by atoms with van der Waals surface area (Å²) >= 11 is 0. The number of carbonyl (C=O) groups excluding carboxylic acids is 1. The smallest absolute Gasteiger partial charge is 0.224 e. The number of aromatic nitrogens is 2. The molecule has 3 rings (SSSR count). The molecule has 0 bridgehead atoms. The molecule has 108 valence electrons. The van der Waals surface area contributed by atoms with Crippen molar-refractivity contribution in [2.75, 3.05) is 36.4 Å². The molecule has 2 fully saturated rings. The van der Waals surface area contributed by atoms with Crippen LogP contribution in [0.1, 0.15) is 26.2 Å². The van der Waals surface area contributed by atoms with E-state index in [0.29, 0.717) is 24.3 Å². The molecule has 20 heavy (non-hydrogen) atoms. The van der Waals surface area contributed by atoms with E-state index in [1.54, 1.807) is 6.20 Å². The third-order valence-corrected chi connectivity index (χ3v) is 3.99. The quantitative estimate of drug-likeness (QED) is 0.892. The van der Waals surface area contributed by atoms with Crippen LogP contribution in [0.2, 0.25) is 0 Å². The average Bonchev–Trinajstić information content (AvgIpc) is 2.86. The van der Waals surface area contributed by atoms with E-state index >= 15 is 0 Å². The van der Waals surface area contributed by atoms with Gasteiger partial charge in [-0.2, -0.15) is 4.98 Å². The Labute approximate surface area is 119 Å². The molecular formula is C14H21N5O. The molecule has 2 saturated heterocycles. The number of anilines is 2. The molecule has 0 aromatic carbocycles. The minimum absolute atomic E-state index is 0.308. The lowest BCUT2D eigenvalue weighted by atomic mass is 10.1. The van der Waals surface area contributed by atoms with Gasteiger partial charge in [0.1, 0.15) is 5.82 Å². The van der Waals surface area contributed by atoms with Gasteiger partial charge in [0.15, 0.2) is 0 Å². The number of fused-ring (bicyclic) bond motifs is 1. The lowest BCUT2D eigenvalue weighted by Crippen LogP contribution is -2.51. The van der Waals surface area contributed by atoms with Gasteiger partial charge in [-0.1, -0.05) is 6.92 Å². The first-order chi connectivity index (χ1) is 9.78. The highest BCUT2D eigenvalue weighted by atomic mass is 16.2. The summed E-state index contributed by atoms with van der Waals surface area (Å²) in [6.07, 6.45) is 4.52. The molecule has 0 aliphatic carbocycles. The molecule has 1 aromatic rings. The summed E-state index contributed by atoms with van der Waals surface area (Å²) in [5.74, 6) is 1.95. The summed E-state index contributed by atoms with van der Waals surface area (Å²) in [5.41, 5.74) is 0. The highest BCUT2D eigenvalue weighted by Gasteiger charge is 2.35. The fraction of sp³-hybridized carbons (Fsp3) is 0.643. The topological polar surface area (TPSA) is 61.4 Å². The molecule has 1 atom stereocenters. The van der Waals surface area contributed by atoms with E-state index in [-0.39, 0.29) is 0 Å². The second kappa shape index (κ2) is 5.64. The lowest BCUT2D eigenvalue weighted by molar-refractivity contribution is -0.129. The van der Waals surface area contributed by atoms with Crippen molar-refractivity contribution in [1.29, 1.82) is 0 Å². The Morgan fingerprint density at radius 2 is 2.35 bits per heavy atom. The van der Waals surface area contributed by atoms with Crippen LogP contribution in [-0.4, -0.2) is 53.0 Å². The van der Waals surface area contributed by atoms with Crippen LogP contribution < -0.4 is 10.2 Å². The van der Waals surface area contributed by atoms with Crippen LogP contribution >= 0.6 is 0 Å². The van der Waals surface area contributed by atoms with E-state index in [4.69, 9.17) is 0 Å². The number of piperazine rings is 1. The highest BCUT2D eigenvalue weighted by molar-refractivity contribution is 5.79. The van der Waals surface area contributed by atoms with Crippen molar-refractivity contribution >= 4 is 17.7 Å². The maximum atomic E-state index is 11.7. The van der Waals surface area contributed by atoms with Crippen LogP contribution in [0.4, 0.5) is 11.8 Å². The molecular weight excluding hydrogens is 254 g/mol. The molecule has 1 N–H and O–H groups in total. The minimum atomic E-state index is 0.308. The SMILES string of the molecule is CCCNc1nccc(N2CCN3C(=O)CCC3C2)n1. The zero-order valence-electron chi connectivity index (χ0n) is 11.9. The van der Waals surface area contributed by atoms with Gasteiger partial charge < -0.3 is 15.1 Å². The summed E-state index contributed by atoms with van der Waals surface area (Å²) in [4.78, 5) is 24.8. The van der Waals surface area contributed by atoms with Gasteiger partial charge in [-0.25, -0.2) is 4.98 Å². The number of nitrogens with one attached hydrogen (secondary N) is 1. The molecule has 3 heterocycles. The minimum Gasteiger partial charge on any atom is -0.354 e. The number of carbonyl (C=O) groups is 1. The van der Waals surface area contributed by atoms with Gasteiger partial charge in [-0.05, 0) is 18.9 Å². The normalized spacial score (nSPS) is 22.1. The van der Waals surface area contributed by atoms with Crippen molar-refractivity contribution in [3.8, 4) is 0 Å². The van der Waals surface area contributed by atoms with Gasteiger partial charge in [-0.3, -0.25) is 4.79 Å². The number of nitrogens with zero attached hydrogens (tertiary/aromatic N) is 4. The second-order valence-electron chi connectivity index (χ2n) is 5.39. The molecule has 0 spiro atoms. The Kier molecular flexibility index (Phi) is 3.71. The molecule has 0 radical (unpaired) electrons. The van der Waals surface area contributed by atoms with E-state index in [1.165, 1.54) is 0 Å². The first-order valence-electron chi connectivity index (χ1n) is 7.39. The second-order valence-corrected chi connectivity index (χ2v) is 5.39. The van der Waals surface area contributed by atoms with Crippen molar-refractivity contribution in [2.45, 2.75) is 32.2 Å². The van der Waals surface area contributed by atoms with Gasteiger partial charge in [0, 0.05) is 44.8 Å². The monoisotopic (exact) mass is 275 g/mol. The Morgan fingerprint density at radius 1 is 1.45 bits per heavy atom. The Bertz CT molecular complexity index is 492. The van der Waals surface area contributed by atoms with E-state index in [2.05, 4.69) is 27.1 Å². The molecule has 2 aliphatic heterocycles. The zero-order valence-corrected chi connectivity index (χ0v) is 11.9. The molecule has 1 amide bonds. The van der Waals surface area contributed by atoms with Crippen molar-refractivity contribution in [3.05, 3.63) is 12.3 Å². The van der Waals surface area contributed by atoms with E-state index in [9.17, 15) is 4.79 Å². The third kappa shape index (κ3) is 2.55. The molecule has 6 nitrogen and oxygen atoms in total. The van der Waals surface area contributed by atoms with Crippen LogP contribution in [0, 0.1) is 0 Å². The molecule has 1 unspecified atom stereocenters. The van der Waals surface area contributed by atoms with Crippen molar-refractivity contribution in [1.82, 2.24) is 14.9 Å². The molecule has 2 aliphatic rings. The maximum Gasteiger partial charge on any atom is 0.224 e. The average molecular weight is 275 g/mol. The summed E-state index contributed by atoms with van der Waals surface area (Å²) in [7, 11) is 0. The number of amides is 1. The standard InChI is InChI=1S/C14H21N5O/c1-2-6-15-14-16-7-5-12(17-14)18-8-9-19-11(10-18)3-4-13(19)20/h5,7,11H,2-4,6,8-10H2,1H3,(H,15,16,17). The van der Waals surface area contributed by atoms with Gasteiger partial charge in [0.25, 0.3) is 0 Å². The van der Waals surface area contributed by atoms with Crippen molar-refractivity contribution in [2.24, 2.45) is 0 Å². The Hall–Kier alpha value is -1.85. The van der Waals surface area contributed by atoms with Crippen LogP contribution in [0.15, 0.2) is 12.3 Å². The van der Waals surface area contributed by atoms with E-state index in [1.807, 2.05) is 11.0 Å². The largest absolute Gasteiger partial charge is 0.354 e. The zero-order chi connectivity index (χ0) is 13.9. The van der Waals surface area contributed by atoms with E-state index in [0.717, 1.165) is 44.8 Å². The van der Waals surface area contributed by atoms with Crippen LogP contribution in [0.3, 0.4) is 0 Å².